The van der Waals surface area contributed by atoms with Crippen molar-refractivity contribution in [1.29, 1.82) is 0 Å². The Labute approximate surface area is 132 Å². The molecule has 116 valence electrons. The minimum absolute atomic E-state index is 0.230. The van der Waals surface area contributed by atoms with E-state index in [1.165, 1.54) is 18.3 Å². The molecule has 2 aromatic carbocycles. The summed E-state index contributed by atoms with van der Waals surface area (Å²) in [4.78, 5) is 0. The van der Waals surface area contributed by atoms with E-state index in [4.69, 9.17) is 26.3 Å². The third kappa shape index (κ3) is 4.11. The van der Waals surface area contributed by atoms with Crippen molar-refractivity contribution in [2.24, 2.45) is 5.16 Å². The molecule has 0 aromatic heterocycles. The van der Waals surface area contributed by atoms with Crippen molar-refractivity contribution >= 4 is 17.8 Å². The van der Waals surface area contributed by atoms with E-state index in [0.717, 1.165) is 5.56 Å². The van der Waals surface area contributed by atoms with E-state index in [0.29, 0.717) is 28.7 Å². The summed E-state index contributed by atoms with van der Waals surface area (Å²) in [6.45, 7) is 2.50. The van der Waals surface area contributed by atoms with Crippen LogP contribution in [0.15, 0.2) is 41.6 Å². The molecule has 0 saturated heterocycles. The van der Waals surface area contributed by atoms with Crippen LogP contribution in [-0.4, -0.2) is 18.0 Å². The van der Waals surface area contributed by atoms with Crippen molar-refractivity contribution in [3.8, 4) is 11.5 Å². The first kappa shape index (κ1) is 16.1. The second-order valence-electron chi connectivity index (χ2n) is 4.42. The molecule has 0 heterocycles. The van der Waals surface area contributed by atoms with Crippen molar-refractivity contribution in [2.75, 3.05) is 6.61 Å². The lowest BCUT2D eigenvalue weighted by atomic mass is 10.2. The Bertz CT molecular complexity index is 659. The molecule has 0 amide bonds. The molecule has 0 fully saturated rings. The van der Waals surface area contributed by atoms with Gasteiger partial charge in [-0.2, -0.15) is 0 Å². The third-order valence-electron chi connectivity index (χ3n) is 2.83. The first-order valence-electron chi connectivity index (χ1n) is 6.65. The van der Waals surface area contributed by atoms with E-state index >= 15 is 0 Å². The highest BCUT2D eigenvalue weighted by atomic mass is 35.5. The predicted octanol–water partition coefficient (Wildman–Crippen LogP) is 4.26. The summed E-state index contributed by atoms with van der Waals surface area (Å²) in [7, 11) is 0. The van der Waals surface area contributed by atoms with E-state index in [1.807, 2.05) is 6.92 Å². The number of halogens is 2. The summed E-state index contributed by atoms with van der Waals surface area (Å²) in [5.74, 6) is 0.541. The second kappa shape index (κ2) is 7.66. The summed E-state index contributed by atoms with van der Waals surface area (Å²) in [5.41, 5.74) is 1.39. The van der Waals surface area contributed by atoms with Crippen LogP contribution in [0.3, 0.4) is 0 Å². The quantitative estimate of drug-likeness (QED) is 0.491. The van der Waals surface area contributed by atoms with Gasteiger partial charge in [-0.25, -0.2) is 4.39 Å². The molecule has 1 N–H and O–H groups in total. The number of nitrogens with zero attached hydrogens (tertiary/aromatic N) is 1. The van der Waals surface area contributed by atoms with Crippen LogP contribution in [-0.2, 0) is 6.61 Å². The topological polar surface area (TPSA) is 51.0 Å². The number of rotatable bonds is 6. The minimum Gasteiger partial charge on any atom is -0.490 e. The summed E-state index contributed by atoms with van der Waals surface area (Å²) in [6.07, 6.45) is 1.25. The number of hydrogen-bond donors (Lipinski definition) is 1. The van der Waals surface area contributed by atoms with Crippen molar-refractivity contribution in [3.63, 3.8) is 0 Å². The van der Waals surface area contributed by atoms with E-state index in [9.17, 15) is 4.39 Å². The van der Waals surface area contributed by atoms with Crippen molar-refractivity contribution < 1.29 is 19.1 Å². The molecule has 0 bridgehead atoms. The van der Waals surface area contributed by atoms with Crippen LogP contribution < -0.4 is 9.47 Å². The number of ether oxygens (including phenoxy) is 2. The SMILES string of the molecule is CCOc1cc(/C=N/O)cc(Cl)c1OCc1ccc(F)cc1. The van der Waals surface area contributed by atoms with Gasteiger partial charge in [0.05, 0.1) is 17.8 Å². The number of oxime groups is 1. The zero-order valence-corrected chi connectivity index (χ0v) is 12.7. The van der Waals surface area contributed by atoms with Crippen LogP contribution in [0.2, 0.25) is 5.02 Å². The Hall–Kier alpha value is -2.27. The molecular formula is C16H15ClFNO3. The molecule has 0 unspecified atom stereocenters. The maximum absolute atomic E-state index is 12.9. The van der Waals surface area contributed by atoms with Gasteiger partial charge >= 0.3 is 0 Å². The van der Waals surface area contributed by atoms with Gasteiger partial charge in [0.1, 0.15) is 12.4 Å². The monoisotopic (exact) mass is 323 g/mol. The highest BCUT2D eigenvalue weighted by Crippen LogP contribution is 2.36. The van der Waals surface area contributed by atoms with Crippen LogP contribution >= 0.6 is 11.6 Å². The van der Waals surface area contributed by atoms with Gasteiger partial charge in [0.25, 0.3) is 0 Å². The second-order valence-corrected chi connectivity index (χ2v) is 4.83. The lowest BCUT2D eigenvalue weighted by molar-refractivity contribution is 0.269. The van der Waals surface area contributed by atoms with Crippen LogP contribution in [0.4, 0.5) is 4.39 Å². The maximum Gasteiger partial charge on any atom is 0.180 e. The van der Waals surface area contributed by atoms with Crippen LogP contribution in [0.5, 0.6) is 11.5 Å². The molecule has 0 aliphatic carbocycles. The zero-order valence-electron chi connectivity index (χ0n) is 11.9. The largest absolute Gasteiger partial charge is 0.490 e. The average molecular weight is 324 g/mol. The summed E-state index contributed by atoms with van der Waals surface area (Å²) in [5, 5.41) is 11.9. The lowest BCUT2D eigenvalue weighted by Gasteiger charge is -2.14. The highest BCUT2D eigenvalue weighted by Gasteiger charge is 2.12. The zero-order chi connectivity index (χ0) is 15.9. The Balaban J connectivity index is 2.22. The fraction of sp³-hybridized carbons (Fsp3) is 0.188. The first-order chi connectivity index (χ1) is 10.6. The highest BCUT2D eigenvalue weighted by molar-refractivity contribution is 6.32. The summed E-state index contributed by atoms with van der Waals surface area (Å²) >= 11 is 6.19. The van der Waals surface area contributed by atoms with Gasteiger partial charge < -0.3 is 14.7 Å². The molecule has 0 atom stereocenters. The van der Waals surface area contributed by atoms with Crippen LogP contribution in [0.1, 0.15) is 18.1 Å². The molecule has 22 heavy (non-hydrogen) atoms. The van der Waals surface area contributed by atoms with Gasteiger partial charge in [-0.3, -0.25) is 0 Å². The van der Waals surface area contributed by atoms with E-state index in [1.54, 1.807) is 24.3 Å². The summed E-state index contributed by atoms with van der Waals surface area (Å²) < 4.78 is 24.1. The molecule has 0 radical (unpaired) electrons. The molecule has 2 aromatic rings. The van der Waals surface area contributed by atoms with Crippen molar-refractivity contribution in [3.05, 3.63) is 58.4 Å². The molecule has 0 saturated carbocycles. The maximum atomic E-state index is 12.9. The van der Waals surface area contributed by atoms with Crippen LogP contribution in [0.25, 0.3) is 0 Å². The third-order valence-corrected chi connectivity index (χ3v) is 3.12. The molecule has 6 heteroatoms. The van der Waals surface area contributed by atoms with E-state index in [2.05, 4.69) is 5.16 Å². The van der Waals surface area contributed by atoms with Crippen molar-refractivity contribution in [2.45, 2.75) is 13.5 Å². The molecule has 0 spiro atoms. The number of hydrogen-bond acceptors (Lipinski definition) is 4. The van der Waals surface area contributed by atoms with E-state index in [-0.39, 0.29) is 12.4 Å². The Morgan fingerprint density at radius 3 is 2.59 bits per heavy atom. The van der Waals surface area contributed by atoms with Gasteiger partial charge in [-0.15, -0.1) is 0 Å². The standard InChI is InChI=1S/C16H15ClFNO3/c1-2-21-15-8-12(9-19-20)7-14(17)16(15)22-10-11-3-5-13(18)6-4-11/h3-9,20H,2,10H2,1H3/b19-9+. The predicted molar refractivity (Wildman–Crippen MR) is 82.7 cm³/mol. The molecule has 0 aliphatic heterocycles. The molecular weight excluding hydrogens is 309 g/mol. The van der Waals surface area contributed by atoms with Crippen LogP contribution in [0, 0.1) is 5.82 Å². The van der Waals surface area contributed by atoms with Gasteiger partial charge in [-0.1, -0.05) is 28.9 Å². The van der Waals surface area contributed by atoms with E-state index < -0.39 is 0 Å². The molecule has 2 rings (SSSR count). The smallest absolute Gasteiger partial charge is 0.180 e. The Kier molecular flexibility index (Phi) is 5.61. The normalized spacial score (nSPS) is 10.9. The lowest BCUT2D eigenvalue weighted by Crippen LogP contribution is -2.01. The molecule has 0 aliphatic rings. The first-order valence-corrected chi connectivity index (χ1v) is 7.03. The fourth-order valence-corrected chi connectivity index (χ4v) is 2.14. The Morgan fingerprint density at radius 1 is 1.23 bits per heavy atom. The summed E-state index contributed by atoms with van der Waals surface area (Å²) in [6, 6.07) is 9.26. The van der Waals surface area contributed by atoms with Gasteiger partial charge in [0, 0.05) is 5.56 Å². The molecule has 4 nitrogen and oxygen atoms in total. The average Bonchev–Trinajstić information content (AvgIpc) is 2.49. The fourth-order valence-electron chi connectivity index (χ4n) is 1.87. The van der Waals surface area contributed by atoms with Gasteiger partial charge in [0.2, 0.25) is 0 Å². The Morgan fingerprint density at radius 2 is 1.95 bits per heavy atom. The number of benzene rings is 2. The van der Waals surface area contributed by atoms with Gasteiger partial charge in [-0.05, 0) is 36.8 Å². The van der Waals surface area contributed by atoms with Crippen molar-refractivity contribution in [1.82, 2.24) is 0 Å². The minimum atomic E-state index is -0.301. The van der Waals surface area contributed by atoms with Gasteiger partial charge in [0.15, 0.2) is 11.5 Å².